The molecule has 0 aromatic carbocycles. The van der Waals surface area contributed by atoms with E-state index in [4.69, 9.17) is 5.11 Å². The van der Waals surface area contributed by atoms with E-state index < -0.39 is 5.97 Å². The minimum atomic E-state index is -0.740. The average Bonchev–Trinajstić information content (AvgIpc) is 2.57. The van der Waals surface area contributed by atoms with Crippen molar-refractivity contribution in [3.05, 3.63) is 20.9 Å². The molecule has 2 nitrogen and oxygen atoms in total. The van der Waals surface area contributed by atoms with E-state index in [0.717, 1.165) is 5.56 Å². The van der Waals surface area contributed by atoms with Crippen LogP contribution in [-0.4, -0.2) is 25.6 Å². The molecule has 0 aliphatic rings. The van der Waals surface area contributed by atoms with Crippen LogP contribution in [0.4, 0.5) is 0 Å². The monoisotopic (exact) mass is 274 g/mol. The normalized spacial score (nSPS) is 11.0. The summed E-state index contributed by atoms with van der Waals surface area (Å²) in [7, 11) is 0. The third-order valence-electron chi connectivity index (χ3n) is 2.32. The molecule has 0 saturated carbocycles. The molecule has 2 aromatic rings. The summed E-state index contributed by atoms with van der Waals surface area (Å²) in [5.74, 6) is -0.740. The molecule has 1 N–H and O–H groups in total. The van der Waals surface area contributed by atoms with E-state index in [2.05, 4.69) is 13.8 Å². The predicted molar refractivity (Wildman–Crippen MR) is 59.6 cm³/mol. The maximum absolute atomic E-state index is 10.6. The number of aryl methyl sites for hydroxylation is 2. The Balaban J connectivity index is 2.60. The van der Waals surface area contributed by atoms with Crippen molar-refractivity contribution in [3.8, 4) is 0 Å². The Morgan fingerprint density at radius 3 is 2.93 bits per heavy atom. The summed E-state index contributed by atoms with van der Waals surface area (Å²) < 4.78 is 2.83. The van der Waals surface area contributed by atoms with Gasteiger partial charge < -0.3 is 0 Å². The van der Waals surface area contributed by atoms with Gasteiger partial charge in [0.25, 0.3) is 0 Å². The minimum absolute atomic E-state index is 0.159. The van der Waals surface area contributed by atoms with Gasteiger partial charge >= 0.3 is 91.9 Å². The topological polar surface area (TPSA) is 37.3 Å². The van der Waals surface area contributed by atoms with E-state index >= 15 is 0 Å². The zero-order valence-corrected chi connectivity index (χ0v) is 10.5. The van der Waals surface area contributed by atoms with E-state index in [1.54, 1.807) is 11.3 Å². The van der Waals surface area contributed by atoms with Crippen molar-refractivity contribution in [2.24, 2.45) is 0 Å². The Morgan fingerprint density at radius 2 is 2.29 bits per heavy atom. The molecule has 0 spiro atoms. The van der Waals surface area contributed by atoms with Crippen LogP contribution in [0.1, 0.15) is 15.6 Å². The van der Waals surface area contributed by atoms with Crippen molar-refractivity contribution < 1.29 is 9.90 Å². The number of aliphatic carboxylic acids is 1. The van der Waals surface area contributed by atoms with E-state index in [9.17, 15) is 4.79 Å². The van der Waals surface area contributed by atoms with Gasteiger partial charge in [0.15, 0.2) is 0 Å². The molecule has 14 heavy (non-hydrogen) atoms. The molecular weight excluding hydrogens is 263 g/mol. The van der Waals surface area contributed by atoms with Crippen LogP contribution >= 0.6 is 11.3 Å². The Bertz CT molecular complexity index is 495. The zero-order valence-electron chi connectivity index (χ0n) is 7.96. The van der Waals surface area contributed by atoms with Crippen LogP contribution in [0.15, 0.2) is 5.38 Å². The fourth-order valence-corrected chi connectivity index (χ4v) is 5.61. The van der Waals surface area contributed by atoms with Crippen LogP contribution in [0, 0.1) is 13.8 Å². The van der Waals surface area contributed by atoms with Crippen molar-refractivity contribution in [1.29, 1.82) is 0 Å². The van der Waals surface area contributed by atoms with Gasteiger partial charge in [0.1, 0.15) is 0 Å². The van der Waals surface area contributed by atoms with Gasteiger partial charge in [-0.25, -0.2) is 0 Å². The molecule has 0 atom stereocenters. The van der Waals surface area contributed by atoms with Crippen LogP contribution in [0.3, 0.4) is 0 Å². The quantitative estimate of drug-likeness (QED) is 0.852. The van der Waals surface area contributed by atoms with Gasteiger partial charge in [-0.1, -0.05) is 0 Å². The first-order valence-corrected chi connectivity index (χ1v) is 6.86. The number of thiophene rings is 1. The molecule has 0 fully saturated rings. The van der Waals surface area contributed by atoms with E-state index in [1.807, 2.05) is 5.38 Å². The van der Waals surface area contributed by atoms with Gasteiger partial charge in [-0.2, -0.15) is 0 Å². The van der Waals surface area contributed by atoms with Crippen LogP contribution < -0.4 is 0 Å². The molecule has 2 aromatic heterocycles. The number of rotatable bonds is 2. The second-order valence-corrected chi connectivity index (χ2v) is 7.31. The van der Waals surface area contributed by atoms with Crippen LogP contribution in [-0.2, 0) is 11.2 Å². The summed E-state index contributed by atoms with van der Waals surface area (Å²) in [6, 6.07) is 0. The van der Waals surface area contributed by atoms with Crippen LogP contribution in [0.25, 0.3) is 8.96 Å². The van der Waals surface area contributed by atoms with Crippen molar-refractivity contribution in [1.82, 2.24) is 0 Å². The summed E-state index contributed by atoms with van der Waals surface area (Å²) in [4.78, 5) is 10.6. The van der Waals surface area contributed by atoms with Crippen molar-refractivity contribution in [3.63, 3.8) is 0 Å². The number of hydrogen-bond acceptors (Lipinski definition) is 2. The summed E-state index contributed by atoms with van der Waals surface area (Å²) in [5.41, 5.74) is 2.30. The molecule has 0 aliphatic carbocycles. The van der Waals surface area contributed by atoms with Crippen molar-refractivity contribution in [2.45, 2.75) is 20.3 Å². The molecule has 0 saturated heterocycles. The SMILES string of the molecule is Cc1[se]c2scc(CC(=O)O)c2c1C. The van der Waals surface area contributed by atoms with Gasteiger partial charge in [0.05, 0.1) is 0 Å². The molecule has 0 amide bonds. The number of hydrogen-bond donors (Lipinski definition) is 1. The van der Waals surface area contributed by atoms with Crippen molar-refractivity contribution >= 4 is 40.8 Å². The number of fused-ring (bicyclic) bond motifs is 1. The Kier molecular flexibility index (Phi) is 2.52. The molecule has 2 heterocycles. The van der Waals surface area contributed by atoms with E-state index in [0.29, 0.717) is 14.5 Å². The van der Waals surface area contributed by atoms with Crippen LogP contribution in [0.2, 0.25) is 0 Å². The second kappa shape index (κ2) is 3.54. The van der Waals surface area contributed by atoms with Crippen molar-refractivity contribution in [2.75, 3.05) is 0 Å². The third-order valence-corrected chi connectivity index (χ3v) is 6.29. The summed E-state index contributed by atoms with van der Waals surface area (Å²) in [6.07, 6.45) is 0.159. The zero-order chi connectivity index (χ0) is 10.3. The first-order chi connectivity index (χ1) is 6.59. The molecule has 0 bridgehead atoms. The first-order valence-electron chi connectivity index (χ1n) is 4.27. The molecular formula is C10H10O2SSe. The summed E-state index contributed by atoms with van der Waals surface area (Å²) in [5, 5.41) is 12.0. The Morgan fingerprint density at radius 1 is 1.57 bits per heavy atom. The Hall–Kier alpha value is -0.571. The molecule has 0 unspecified atom stereocenters. The number of carbonyl (C=O) groups is 1. The van der Waals surface area contributed by atoms with Gasteiger partial charge in [-0.15, -0.1) is 0 Å². The summed E-state index contributed by atoms with van der Waals surface area (Å²) >= 11 is 2.16. The molecule has 0 aliphatic heterocycles. The van der Waals surface area contributed by atoms with E-state index in [-0.39, 0.29) is 6.42 Å². The fourth-order valence-electron chi connectivity index (χ4n) is 1.53. The average molecular weight is 273 g/mol. The summed E-state index contributed by atoms with van der Waals surface area (Å²) in [6.45, 7) is 4.24. The molecule has 0 radical (unpaired) electrons. The third kappa shape index (κ3) is 1.54. The molecule has 2 rings (SSSR count). The van der Waals surface area contributed by atoms with Gasteiger partial charge in [-0.05, 0) is 0 Å². The first kappa shape index (κ1) is 9.96. The molecule has 4 heteroatoms. The van der Waals surface area contributed by atoms with Gasteiger partial charge in [-0.3, -0.25) is 0 Å². The van der Waals surface area contributed by atoms with Gasteiger partial charge in [0, 0.05) is 0 Å². The van der Waals surface area contributed by atoms with E-state index in [1.165, 1.54) is 19.0 Å². The predicted octanol–water partition coefficient (Wildman–Crippen LogP) is 2.20. The number of carboxylic acid groups (broad SMARTS) is 1. The Labute approximate surface area is 91.9 Å². The standard InChI is InChI=1S/C10H10O2SSe/c1-5-6(2)14-10-9(5)7(4-13-10)3-8(11)12/h4H,3H2,1-2H3,(H,11,12). The number of carboxylic acids is 1. The second-order valence-electron chi connectivity index (χ2n) is 3.28. The fraction of sp³-hybridized carbons (Fsp3) is 0.300. The maximum atomic E-state index is 10.6. The van der Waals surface area contributed by atoms with Gasteiger partial charge in [0.2, 0.25) is 0 Å². The molecule has 74 valence electrons. The van der Waals surface area contributed by atoms with Crippen LogP contribution in [0.5, 0.6) is 0 Å².